The highest BCUT2D eigenvalue weighted by Gasteiger charge is 2.33. The zero-order chi connectivity index (χ0) is 26.8. The van der Waals surface area contributed by atoms with Gasteiger partial charge in [0.25, 0.3) is 0 Å². The molecule has 2 rings (SSSR count). The molecule has 0 aromatic rings. The maximum absolute atomic E-state index is 13.1. The van der Waals surface area contributed by atoms with Crippen molar-refractivity contribution >= 4 is 35.6 Å². The Morgan fingerprint density at radius 2 is 1.83 bits per heavy atom. The number of urea groups is 1. The lowest BCUT2D eigenvalue weighted by Crippen LogP contribution is -2.49. The van der Waals surface area contributed by atoms with Gasteiger partial charge in [0.15, 0.2) is 0 Å². The number of alkyl halides is 3. The first-order valence-electron chi connectivity index (χ1n) is 11.0. The van der Waals surface area contributed by atoms with Crippen molar-refractivity contribution < 1.29 is 22.8 Å². The van der Waals surface area contributed by atoms with Gasteiger partial charge in [0, 0.05) is 40.7 Å². The largest absolute Gasteiger partial charge is 0.416 e. The van der Waals surface area contributed by atoms with E-state index in [9.17, 15) is 22.8 Å². The van der Waals surface area contributed by atoms with Gasteiger partial charge in [-0.2, -0.15) is 13.2 Å². The van der Waals surface area contributed by atoms with Gasteiger partial charge in [-0.15, -0.1) is 0 Å². The summed E-state index contributed by atoms with van der Waals surface area (Å²) in [6.45, 7) is 8.94. The van der Waals surface area contributed by atoms with Gasteiger partial charge in [0.05, 0.1) is 12.1 Å². The minimum atomic E-state index is -4.55. The van der Waals surface area contributed by atoms with E-state index in [1.165, 1.54) is 24.6 Å². The number of amides is 3. The minimum absolute atomic E-state index is 0.0476. The Morgan fingerprint density at radius 1 is 1.17 bits per heavy atom. The average Bonchev–Trinajstić information content (AvgIpc) is 3.13. The summed E-state index contributed by atoms with van der Waals surface area (Å²) in [5.74, 6) is -0.768. The fourth-order valence-electron chi connectivity index (χ4n) is 2.89. The van der Waals surface area contributed by atoms with Crippen LogP contribution in [-0.4, -0.2) is 47.1 Å². The Hall–Kier alpha value is -3.14. The fraction of sp³-hybridized carbons (Fsp3) is 0.417. The van der Waals surface area contributed by atoms with Crippen molar-refractivity contribution in [3.05, 3.63) is 58.5 Å². The highest BCUT2D eigenvalue weighted by Crippen LogP contribution is 2.30. The second-order valence-electron chi connectivity index (χ2n) is 8.24. The van der Waals surface area contributed by atoms with Gasteiger partial charge in [-0.05, 0) is 45.4 Å². The molecule has 0 unspecified atom stereocenters. The smallest absolute Gasteiger partial charge is 0.350 e. The Balaban J connectivity index is 0.00000298. The molecule has 7 nitrogen and oxygen atoms in total. The van der Waals surface area contributed by atoms with E-state index in [0.29, 0.717) is 10.6 Å². The lowest BCUT2D eigenvalue weighted by molar-refractivity contribution is -0.121. The Bertz CT molecular complexity index is 1000. The number of allylic oxidation sites excluding steroid dienone is 7. The molecule has 0 atom stereocenters. The summed E-state index contributed by atoms with van der Waals surface area (Å²) >= 11 is 6.07. The standard InChI is InChI=1S/C22H25ClF3N5O2.C2H6/c1-21(2,3)30-18(32)13-29-20(33)31(19(27)14-9-10-28-12-16(23)11-14)17-6-4-5-15(7-8-17)22(24,25)26;1-2/h5-10,12,27H,4,11,13H2,1-3H3,(H,29,33)(H,30,32);1-2H3. The Labute approximate surface area is 208 Å². The third-order valence-electron chi connectivity index (χ3n) is 4.27. The topological polar surface area (TPSA) is 97.7 Å². The molecule has 0 bridgehead atoms. The molecule has 3 amide bonds. The van der Waals surface area contributed by atoms with Crippen molar-refractivity contribution in [2.75, 3.05) is 6.54 Å². The lowest BCUT2D eigenvalue weighted by atomic mass is 10.1. The van der Waals surface area contributed by atoms with Gasteiger partial charge in [0.1, 0.15) is 5.84 Å². The zero-order valence-electron chi connectivity index (χ0n) is 20.4. The van der Waals surface area contributed by atoms with Gasteiger partial charge in [-0.3, -0.25) is 15.2 Å². The predicted molar refractivity (Wildman–Crippen MR) is 133 cm³/mol. The van der Waals surface area contributed by atoms with Crippen LogP contribution in [0.4, 0.5) is 18.0 Å². The van der Waals surface area contributed by atoms with Crippen LogP contribution < -0.4 is 10.6 Å². The van der Waals surface area contributed by atoms with Crippen LogP contribution in [0.1, 0.15) is 47.5 Å². The second kappa shape index (κ2) is 13.1. The summed E-state index contributed by atoms with van der Waals surface area (Å²) in [6.07, 6.45) is 4.03. The van der Waals surface area contributed by atoms with E-state index < -0.39 is 29.2 Å². The highest BCUT2D eigenvalue weighted by atomic mass is 35.5. The van der Waals surface area contributed by atoms with Crippen LogP contribution in [0.2, 0.25) is 0 Å². The van der Waals surface area contributed by atoms with Gasteiger partial charge in [0.2, 0.25) is 5.91 Å². The van der Waals surface area contributed by atoms with Crippen LogP contribution in [-0.2, 0) is 4.79 Å². The first-order valence-corrected chi connectivity index (χ1v) is 11.4. The van der Waals surface area contributed by atoms with Crippen LogP contribution >= 0.6 is 11.6 Å². The molecule has 0 spiro atoms. The third kappa shape index (κ3) is 9.94. The monoisotopic (exact) mass is 513 g/mol. The second-order valence-corrected chi connectivity index (χ2v) is 8.72. The van der Waals surface area contributed by atoms with Crippen LogP contribution in [0.15, 0.2) is 63.4 Å². The van der Waals surface area contributed by atoms with Crippen LogP contribution in [0.3, 0.4) is 0 Å². The van der Waals surface area contributed by atoms with Crippen LogP contribution in [0, 0.1) is 5.41 Å². The molecule has 0 aromatic heterocycles. The molecule has 1 aliphatic heterocycles. The molecular formula is C24H31ClF3N5O2. The quantitative estimate of drug-likeness (QED) is 0.330. The molecule has 11 heteroatoms. The predicted octanol–water partition coefficient (Wildman–Crippen LogP) is 5.73. The molecule has 3 N–H and O–H groups in total. The first-order chi connectivity index (χ1) is 16.3. The van der Waals surface area contributed by atoms with E-state index in [0.717, 1.165) is 23.1 Å². The minimum Gasteiger partial charge on any atom is -0.350 e. The third-order valence-corrected chi connectivity index (χ3v) is 4.50. The lowest BCUT2D eigenvalue weighted by Gasteiger charge is -2.26. The molecule has 0 saturated heterocycles. The summed E-state index contributed by atoms with van der Waals surface area (Å²) in [7, 11) is 0. The van der Waals surface area contributed by atoms with Crippen molar-refractivity contribution in [1.29, 1.82) is 5.41 Å². The van der Waals surface area contributed by atoms with Crippen molar-refractivity contribution in [3.8, 4) is 0 Å². The Morgan fingerprint density at radius 3 is 2.43 bits per heavy atom. The maximum atomic E-state index is 13.1. The molecule has 1 heterocycles. The van der Waals surface area contributed by atoms with Crippen molar-refractivity contribution in [1.82, 2.24) is 15.5 Å². The van der Waals surface area contributed by atoms with E-state index in [2.05, 4.69) is 15.6 Å². The Kier molecular flexibility index (Phi) is 11.2. The number of aliphatic imine (C=N–C) groups is 1. The van der Waals surface area contributed by atoms with E-state index in [1.807, 2.05) is 13.8 Å². The van der Waals surface area contributed by atoms with Gasteiger partial charge in [-0.1, -0.05) is 37.6 Å². The van der Waals surface area contributed by atoms with E-state index in [4.69, 9.17) is 17.0 Å². The molecule has 35 heavy (non-hydrogen) atoms. The van der Waals surface area contributed by atoms with E-state index >= 15 is 0 Å². The number of carbonyl (C=O) groups is 2. The highest BCUT2D eigenvalue weighted by molar-refractivity contribution is 6.30. The number of nitrogens with zero attached hydrogens (tertiary/aromatic N) is 2. The SMILES string of the molecule is CC.CC(C)(C)NC(=O)CNC(=O)N(C(=N)C1=CC=NC=C(Cl)C1)C1=CCC=C(C(F)(F)F)C=C1. The number of nitrogens with one attached hydrogen (secondary N) is 3. The zero-order valence-corrected chi connectivity index (χ0v) is 21.1. The van der Waals surface area contributed by atoms with Crippen LogP contribution in [0.25, 0.3) is 0 Å². The van der Waals surface area contributed by atoms with E-state index in [-0.39, 0.29) is 30.9 Å². The van der Waals surface area contributed by atoms with Crippen molar-refractivity contribution in [2.24, 2.45) is 4.99 Å². The number of hydrogen-bond acceptors (Lipinski definition) is 4. The first kappa shape index (κ1) is 29.9. The molecule has 0 aromatic carbocycles. The summed E-state index contributed by atoms with van der Waals surface area (Å²) in [6, 6.07) is -0.849. The molecule has 1 aliphatic carbocycles. The molecule has 2 aliphatic rings. The van der Waals surface area contributed by atoms with Gasteiger partial charge >= 0.3 is 12.2 Å². The van der Waals surface area contributed by atoms with Crippen molar-refractivity contribution in [2.45, 2.75) is 59.2 Å². The molecule has 192 valence electrons. The van der Waals surface area contributed by atoms with Crippen LogP contribution in [0.5, 0.6) is 0 Å². The molecule has 0 radical (unpaired) electrons. The molecule has 0 saturated carbocycles. The normalized spacial score (nSPS) is 15.7. The number of amidine groups is 1. The van der Waals surface area contributed by atoms with Gasteiger partial charge < -0.3 is 10.6 Å². The van der Waals surface area contributed by atoms with Gasteiger partial charge in [-0.25, -0.2) is 9.69 Å². The fourth-order valence-corrected chi connectivity index (χ4v) is 3.09. The van der Waals surface area contributed by atoms with Crippen molar-refractivity contribution in [3.63, 3.8) is 0 Å². The number of halogens is 4. The van der Waals surface area contributed by atoms with E-state index in [1.54, 1.807) is 20.8 Å². The summed E-state index contributed by atoms with van der Waals surface area (Å²) in [5, 5.41) is 14.0. The number of hydrogen-bond donors (Lipinski definition) is 3. The summed E-state index contributed by atoms with van der Waals surface area (Å²) < 4.78 is 39.4. The average molecular weight is 514 g/mol. The summed E-state index contributed by atoms with van der Waals surface area (Å²) in [4.78, 5) is 30.0. The molecule has 0 fully saturated rings. The number of carbonyl (C=O) groups excluding carboxylic acids is 2. The maximum Gasteiger partial charge on any atom is 0.416 e. The molecular weight excluding hydrogens is 483 g/mol. The summed E-state index contributed by atoms with van der Waals surface area (Å²) in [5.41, 5.74) is -1.02. The number of rotatable bonds is 4.